The Morgan fingerprint density at radius 3 is 2.50 bits per heavy atom. The molecule has 0 aromatic heterocycles. The summed E-state index contributed by atoms with van der Waals surface area (Å²) in [6.45, 7) is 9.30. The van der Waals surface area contributed by atoms with Crippen molar-refractivity contribution in [2.24, 2.45) is 0 Å². The van der Waals surface area contributed by atoms with Crippen LogP contribution in [0.1, 0.15) is 25.0 Å². The lowest BCUT2D eigenvalue weighted by Crippen LogP contribution is -2.31. The van der Waals surface area contributed by atoms with Gasteiger partial charge in [0.15, 0.2) is 0 Å². The number of hydrogen-bond donors (Lipinski definition) is 0. The molecule has 1 aromatic rings. The van der Waals surface area contributed by atoms with Gasteiger partial charge in [-0.3, -0.25) is 4.79 Å². The molecule has 0 fully saturated rings. The van der Waals surface area contributed by atoms with Crippen LogP contribution in [0.25, 0.3) is 6.08 Å². The van der Waals surface area contributed by atoms with E-state index < -0.39 is 0 Å². The Hall–Kier alpha value is -1.57. The summed E-state index contributed by atoms with van der Waals surface area (Å²) in [5.74, 6) is 0.180. The summed E-state index contributed by atoms with van der Waals surface area (Å²) >= 11 is 0. The van der Waals surface area contributed by atoms with Crippen LogP contribution in [0.4, 0.5) is 0 Å². The van der Waals surface area contributed by atoms with E-state index in [1.807, 2.05) is 43.0 Å². The Morgan fingerprint density at radius 1 is 1.31 bits per heavy atom. The molecule has 0 N–H and O–H groups in total. The lowest BCUT2D eigenvalue weighted by atomic mass is 10.0. The number of likely N-dealkylation sites (N-methyl/N-ethyl adjacent to an activating group) is 1. The molecule has 0 aliphatic rings. The van der Waals surface area contributed by atoms with Crippen molar-refractivity contribution in [2.45, 2.75) is 20.3 Å². The topological polar surface area (TPSA) is 20.3 Å². The van der Waals surface area contributed by atoms with Crippen LogP contribution in [0.5, 0.6) is 0 Å². The summed E-state index contributed by atoms with van der Waals surface area (Å²) in [6.07, 6.45) is 2.26. The summed E-state index contributed by atoms with van der Waals surface area (Å²) in [5.41, 5.74) is 2.09. The summed E-state index contributed by atoms with van der Waals surface area (Å²) in [4.78, 5) is 13.8. The second-order valence-electron chi connectivity index (χ2n) is 3.65. The normalized spacial score (nSPS) is 9.88. The Kier molecular flexibility index (Phi) is 4.77. The second-order valence-corrected chi connectivity index (χ2v) is 3.65. The van der Waals surface area contributed by atoms with Crippen LogP contribution in [0.15, 0.2) is 30.8 Å². The first-order valence-electron chi connectivity index (χ1n) is 5.71. The number of carbonyl (C=O) groups is 1. The van der Waals surface area contributed by atoms with Gasteiger partial charge < -0.3 is 4.90 Å². The molecule has 0 saturated carbocycles. The zero-order chi connectivity index (χ0) is 12.0. The molecule has 0 bridgehead atoms. The van der Waals surface area contributed by atoms with Crippen molar-refractivity contribution in [1.82, 2.24) is 4.90 Å². The Labute approximate surface area is 97.6 Å². The molecule has 0 radical (unpaired) electrons. The number of amides is 1. The van der Waals surface area contributed by atoms with Crippen LogP contribution in [0, 0.1) is 0 Å². The van der Waals surface area contributed by atoms with Gasteiger partial charge in [-0.1, -0.05) is 36.9 Å². The van der Waals surface area contributed by atoms with Gasteiger partial charge in [0.25, 0.3) is 0 Å². The number of nitrogens with zero attached hydrogens (tertiary/aromatic N) is 1. The fourth-order valence-corrected chi connectivity index (χ4v) is 1.75. The molecule has 0 aliphatic heterocycles. The maximum Gasteiger partial charge on any atom is 0.226 e. The third kappa shape index (κ3) is 2.96. The highest BCUT2D eigenvalue weighted by molar-refractivity contribution is 5.80. The molecule has 0 saturated heterocycles. The minimum absolute atomic E-state index is 0.180. The minimum Gasteiger partial charge on any atom is -0.343 e. The zero-order valence-corrected chi connectivity index (χ0v) is 10.1. The first-order chi connectivity index (χ1) is 7.72. The third-order valence-corrected chi connectivity index (χ3v) is 2.73. The first-order valence-corrected chi connectivity index (χ1v) is 5.71. The molecule has 1 rings (SSSR count). The largest absolute Gasteiger partial charge is 0.343 e. The maximum absolute atomic E-state index is 11.9. The summed E-state index contributed by atoms with van der Waals surface area (Å²) in [6, 6.07) is 7.89. The summed E-state index contributed by atoms with van der Waals surface area (Å²) < 4.78 is 0. The minimum atomic E-state index is 0.180. The monoisotopic (exact) mass is 217 g/mol. The van der Waals surface area contributed by atoms with Gasteiger partial charge in [-0.15, -0.1) is 0 Å². The third-order valence-electron chi connectivity index (χ3n) is 2.73. The zero-order valence-electron chi connectivity index (χ0n) is 10.1. The lowest BCUT2D eigenvalue weighted by Gasteiger charge is -2.19. The molecule has 2 nitrogen and oxygen atoms in total. The van der Waals surface area contributed by atoms with Gasteiger partial charge in [0.1, 0.15) is 0 Å². The van der Waals surface area contributed by atoms with Crippen LogP contribution >= 0.6 is 0 Å². The Bertz CT molecular complexity index is 367. The SMILES string of the molecule is C=Cc1ccccc1CC(=O)N(CC)CC. The quantitative estimate of drug-likeness (QED) is 0.742. The van der Waals surface area contributed by atoms with Gasteiger partial charge in [-0.05, 0) is 25.0 Å². The van der Waals surface area contributed by atoms with Crippen molar-refractivity contribution in [2.75, 3.05) is 13.1 Å². The van der Waals surface area contributed by atoms with E-state index in [1.165, 1.54) is 0 Å². The predicted octanol–water partition coefficient (Wildman–Crippen LogP) is 2.74. The molecule has 0 unspecified atom stereocenters. The average Bonchev–Trinajstić information content (AvgIpc) is 2.31. The molecular weight excluding hydrogens is 198 g/mol. The van der Waals surface area contributed by atoms with Crippen LogP contribution in [0.3, 0.4) is 0 Å². The van der Waals surface area contributed by atoms with E-state index in [9.17, 15) is 4.79 Å². The number of hydrogen-bond acceptors (Lipinski definition) is 1. The number of carbonyl (C=O) groups excluding carboxylic acids is 1. The Morgan fingerprint density at radius 2 is 1.94 bits per heavy atom. The summed E-state index contributed by atoms with van der Waals surface area (Å²) in [7, 11) is 0. The van der Waals surface area contributed by atoms with E-state index >= 15 is 0 Å². The number of benzene rings is 1. The van der Waals surface area contributed by atoms with E-state index in [0.29, 0.717) is 6.42 Å². The lowest BCUT2D eigenvalue weighted by molar-refractivity contribution is -0.130. The number of rotatable bonds is 5. The molecular formula is C14H19NO. The molecule has 0 heterocycles. The maximum atomic E-state index is 11.9. The average molecular weight is 217 g/mol. The van der Waals surface area contributed by atoms with Crippen LogP contribution in [-0.4, -0.2) is 23.9 Å². The molecule has 1 amide bonds. The Balaban J connectivity index is 2.80. The standard InChI is InChI=1S/C14H19NO/c1-4-12-9-7-8-10-13(12)11-14(16)15(5-2)6-3/h4,7-10H,1,5-6,11H2,2-3H3. The highest BCUT2D eigenvalue weighted by Crippen LogP contribution is 2.11. The second kappa shape index (κ2) is 6.11. The van der Waals surface area contributed by atoms with Gasteiger partial charge in [0, 0.05) is 13.1 Å². The molecule has 1 aromatic carbocycles. The smallest absolute Gasteiger partial charge is 0.226 e. The van der Waals surface area contributed by atoms with Gasteiger partial charge in [-0.25, -0.2) is 0 Å². The highest BCUT2D eigenvalue weighted by Gasteiger charge is 2.11. The molecule has 2 heteroatoms. The van der Waals surface area contributed by atoms with Crippen molar-refractivity contribution in [3.63, 3.8) is 0 Å². The van der Waals surface area contributed by atoms with E-state index in [-0.39, 0.29) is 5.91 Å². The van der Waals surface area contributed by atoms with Crippen molar-refractivity contribution in [3.05, 3.63) is 42.0 Å². The van der Waals surface area contributed by atoms with Crippen molar-refractivity contribution in [1.29, 1.82) is 0 Å². The highest BCUT2D eigenvalue weighted by atomic mass is 16.2. The van der Waals surface area contributed by atoms with Crippen molar-refractivity contribution < 1.29 is 4.79 Å². The predicted molar refractivity (Wildman–Crippen MR) is 68.2 cm³/mol. The van der Waals surface area contributed by atoms with Crippen LogP contribution < -0.4 is 0 Å². The molecule has 16 heavy (non-hydrogen) atoms. The van der Waals surface area contributed by atoms with Crippen molar-refractivity contribution >= 4 is 12.0 Å². The van der Waals surface area contributed by atoms with Crippen molar-refractivity contribution in [3.8, 4) is 0 Å². The fraction of sp³-hybridized carbons (Fsp3) is 0.357. The van der Waals surface area contributed by atoms with Crippen LogP contribution in [0.2, 0.25) is 0 Å². The van der Waals surface area contributed by atoms with Gasteiger partial charge in [0.2, 0.25) is 5.91 Å². The molecule has 0 aliphatic carbocycles. The van der Waals surface area contributed by atoms with Gasteiger partial charge >= 0.3 is 0 Å². The van der Waals surface area contributed by atoms with Gasteiger partial charge in [-0.2, -0.15) is 0 Å². The molecule has 0 spiro atoms. The van der Waals surface area contributed by atoms with E-state index in [4.69, 9.17) is 0 Å². The van der Waals surface area contributed by atoms with E-state index in [2.05, 4.69) is 6.58 Å². The molecule has 0 atom stereocenters. The molecule has 86 valence electrons. The summed E-state index contributed by atoms with van der Waals surface area (Å²) in [5, 5.41) is 0. The van der Waals surface area contributed by atoms with Gasteiger partial charge in [0.05, 0.1) is 6.42 Å². The van der Waals surface area contributed by atoms with E-state index in [1.54, 1.807) is 6.08 Å². The first kappa shape index (κ1) is 12.5. The van der Waals surface area contributed by atoms with Crippen LogP contribution in [-0.2, 0) is 11.2 Å². The van der Waals surface area contributed by atoms with E-state index in [0.717, 1.165) is 24.2 Å². The fourth-order valence-electron chi connectivity index (χ4n) is 1.75.